The van der Waals surface area contributed by atoms with E-state index < -0.39 is 0 Å². The Morgan fingerprint density at radius 3 is 2.52 bits per heavy atom. The van der Waals surface area contributed by atoms with Gasteiger partial charge in [0.05, 0.1) is 13.2 Å². The molecule has 2 aromatic carbocycles. The Bertz CT molecular complexity index is 768. The largest absolute Gasteiger partial charge is 0.497 e. The molecule has 2 nitrogen and oxygen atoms in total. The Hall–Kier alpha value is -1.36. The van der Waals surface area contributed by atoms with Gasteiger partial charge in [-0.1, -0.05) is 18.2 Å². The SMILES string of the molecule is CNC(c1ccc2cc(OC)ccc2c1)c1sccc1Br. The van der Waals surface area contributed by atoms with Crippen LogP contribution < -0.4 is 10.1 Å². The van der Waals surface area contributed by atoms with Crippen molar-refractivity contribution in [3.63, 3.8) is 0 Å². The van der Waals surface area contributed by atoms with Crippen LogP contribution in [-0.2, 0) is 0 Å². The third-order valence-corrected chi connectivity index (χ3v) is 5.54. The number of methoxy groups -OCH3 is 1. The van der Waals surface area contributed by atoms with Crippen LogP contribution in [0.25, 0.3) is 10.8 Å². The molecule has 0 aliphatic carbocycles. The van der Waals surface area contributed by atoms with Crippen LogP contribution in [0.4, 0.5) is 0 Å². The summed E-state index contributed by atoms with van der Waals surface area (Å²) in [5.74, 6) is 0.890. The summed E-state index contributed by atoms with van der Waals surface area (Å²) in [6.45, 7) is 0. The summed E-state index contributed by atoms with van der Waals surface area (Å²) in [4.78, 5) is 1.30. The highest BCUT2D eigenvalue weighted by molar-refractivity contribution is 9.10. The van der Waals surface area contributed by atoms with E-state index in [0.717, 1.165) is 10.2 Å². The Morgan fingerprint density at radius 2 is 1.86 bits per heavy atom. The van der Waals surface area contributed by atoms with E-state index in [9.17, 15) is 0 Å². The predicted molar refractivity (Wildman–Crippen MR) is 93.4 cm³/mol. The van der Waals surface area contributed by atoms with Gasteiger partial charge in [-0.25, -0.2) is 0 Å². The predicted octanol–water partition coefficient (Wildman–Crippen LogP) is 4.98. The maximum Gasteiger partial charge on any atom is 0.119 e. The molecule has 1 unspecified atom stereocenters. The van der Waals surface area contributed by atoms with E-state index in [1.54, 1.807) is 18.4 Å². The minimum absolute atomic E-state index is 0.200. The second-order valence-corrected chi connectivity index (χ2v) is 6.63. The molecule has 1 aromatic heterocycles. The zero-order valence-electron chi connectivity index (χ0n) is 11.9. The molecule has 3 rings (SSSR count). The van der Waals surface area contributed by atoms with Crippen molar-refractivity contribution < 1.29 is 4.74 Å². The van der Waals surface area contributed by atoms with E-state index in [4.69, 9.17) is 4.74 Å². The van der Waals surface area contributed by atoms with Crippen LogP contribution in [0.5, 0.6) is 5.75 Å². The first-order valence-electron chi connectivity index (χ1n) is 6.71. The summed E-state index contributed by atoms with van der Waals surface area (Å²) in [6.07, 6.45) is 0. The Morgan fingerprint density at radius 1 is 1.10 bits per heavy atom. The van der Waals surface area contributed by atoms with Gasteiger partial charge in [0.1, 0.15) is 5.75 Å². The van der Waals surface area contributed by atoms with Crippen molar-refractivity contribution in [2.45, 2.75) is 6.04 Å². The summed E-state index contributed by atoms with van der Waals surface area (Å²) in [7, 11) is 3.69. The summed E-state index contributed by atoms with van der Waals surface area (Å²) < 4.78 is 6.43. The van der Waals surface area contributed by atoms with Gasteiger partial charge in [0.2, 0.25) is 0 Å². The highest BCUT2D eigenvalue weighted by atomic mass is 79.9. The normalized spacial score (nSPS) is 12.5. The molecule has 0 radical (unpaired) electrons. The van der Waals surface area contributed by atoms with E-state index in [-0.39, 0.29) is 6.04 Å². The summed E-state index contributed by atoms with van der Waals surface area (Å²) in [5, 5.41) is 7.93. The van der Waals surface area contributed by atoms with Crippen molar-refractivity contribution in [2.24, 2.45) is 0 Å². The van der Waals surface area contributed by atoms with Crippen LogP contribution in [0.2, 0.25) is 0 Å². The van der Waals surface area contributed by atoms with Crippen LogP contribution >= 0.6 is 27.3 Å². The van der Waals surface area contributed by atoms with E-state index in [1.165, 1.54) is 21.2 Å². The highest BCUT2D eigenvalue weighted by Gasteiger charge is 2.16. The summed E-state index contributed by atoms with van der Waals surface area (Å²) >= 11 is 5.39. The maximum atomic E-state index is 5.28. The highest BCUT2D eigenvalue weighted by Crippen LogP contribution is 2.34. The molecule has 1 atom stereocenters. The second kappa shape index (κ2) is 6.18. The number of ether oxygens (including phenoxy) is 1. The minimum atomic E-state index is 0.200. The summed E-state index contributed by atoms with van der Waals surface area (Å²) in [5.41, 5.74) is 1.26. The number of hydrogen-bond donors (Lipinski definition) is 1. The van der Waals surface area contributed by atoms with Crippen molar-refractivity contribution >= 4 is 38.0 Å². The molecule has 0 aliphatic heterocycles. The van der Waals surface area contributed by atoms with Gasteiger partial charge in [0.25, 0.3) is 0 Å². The smallest absolute Gasteiger partial charge is 0.119 e. The zero-order chi connectivity index (χ0) is 14.8. The van der Waals surface area contributed by atoms with E-state index in [0.29, 0.717) is 0 Å². The molecule has 0 fully saturated rings. The van der Waals surface area contributed by atoms with Gasteiger partial charge in [-0.05, 0) is 69.0 Å². The molecule has 0 saturated carbocycles. The van der Waals surface area contributed by atoms with Gasteiger partial charge < -0.3 is 10.1 Å². The molecule has 1 N–H and O–H groups in total. The molecule has 0 aliphatic rings. The van der Waals surface area contributed by atoms with Gasteiger partial charge in [0, 0.05) is 9.35 Å². The number of benzene rings is 2. The molecular weight excluding hydrogens is 346 g/mol. The lowest BCUT2D eigenvalue weighted by molar-refractivity contribution is 0.415. The van der Waals surface area contributed by atoms with Crippen LogP contribution in [-0.4, -0.2) is 14.2 Å². The average Bonchev–Trinajstić information content (AvgIpc) is 2.93. The number of hydrogen-bond acceptors (Lipinski definition) is 3. The fourth-order valence-corrected chi connectivity index (χ4v) is 4.25. The maximum absolute atomic E-state index is 5.28. The first kappa shape index (κ1) is 14.6. The van der Waals surface area contributed by atoms with E-state index in [2.05, 4.69) is 63.0 Å². The van der Waals surface area contributed by atoms with E-state index in [1.807, 2.05) is 13.1 Å². The number of thiophene rings is 1. The molecule has 0 spiro atoms. The average molecular weight is 362 g/mol. The van der Waals surface area contributed by atoms with Gasteiger partial charge in [-0.2, -0.15) is 0 Å². The molecule has 0 saturated heterocycles. The van der Waals surface area contributed by atoms with Gasteiger partial charge >= 0.3 is 0 Å². The Balaban J connectivity index is 2.05. The van der Waals surface area contributed by atoms with Gasteiger partial charge in [0.15, 0.2) is 0 Å². The number of nitrogens with one attached hydrogen (secondary N) is 1. The molecule has 108 valence electrons. The quantitative estimate of drug-likeness (QED) is 0.707. The Labute approximate surface area is 136 Å². The third-order valence-electron chi connectivity index (χ3n) is 3.60. The lowest BCUT2D eigenvalue weighted by Crippen LogP contribution is -2.16. The molecule has 4 heteroatoms. The fraction of sp³-hybridized carbons (Fsp3) is 0.176. The molecule has 3 aromatic rings. The minimum Gasteiger partial charge on any atom is -0.497 e. The first-order chi connectivity index (χ1) is 10.2. The van der Waals surface area contributed by atoms with Gasteiger partial charge in [-0.15, -0.1) is 11.3 Å². The molecule has 1 heterocycles. The zero-order valence-corrected chi connectivity index (χ0v) is 14.3. The monoisotopic (exact) mass is 361 g/mol. The van der Waals surface area contributed by atoms with Crippen LogP contribution in [0.3, 0.4) is 0 Å². The Kier molecular flexibility index (Phi) is 4.29. The van der Waals surface area contributed by atoms with Crippen molar-refractivity contribution in [1.82, 2.24) is 5.32 Å². The molecule has 0 amide bonds. The van der Waals surface area contributed by atoms with Crippen molar-refractivity contribution in [3.05, 3.63) is 62.8 Å². The molecular formula is C17H16BrNOS. The van der Waals surface area contributed by atoms with Crippen molar-refractivity contribution in [3.8, 4) is 5.75 Å². The van der Waals surface area contributed by atoms with Crippen LogP contribution in [0, 0.1) is 0 Å². The number of rotatable bonds is 4. The first-order valence-corrected chi connectivity index (χ1v) is 8.38. The fourth-order valence-electron chi connectivity index (χ4n) is 2.51. The summed E-state index contributed by atoms with van der Waals surface area (Å²) in [6, 6.07) is 15.0. The standard InChI is InChI=1S/C17H16BrNOS/c1-19-16(17-15(18)7-8-21-17)13-4-3-12-10-14(20-2)6-5-11(12)9-13/h3-10,16,19H,1-2H3. The topological polar surface area (TPSA) is 21.3 Å². The third kappa shape index (κ3) is 2.84. The van der Waals surface area contributed by atoms with Gasteiger partial charge in [-0.3, -0.25) is 0 Å². The lowest BCUT2D eigenvalue weighted by atomic mass is 10.0. The van der Waals surface area contributed by atoms with Crippen molar-refractivity contribution in [2.75, 3.05) is 14.2 Å². The lowest BCUT2D eigenvalue weighted by Gasteiger charge is -2.17. The number of fused-ring (bicyclic) bond motifs is 1. The van der Waals surface area contributed by atoms with Crippen LogP contribution in [0.1, 0.15) is 16.5 Å². The number of halogens is 1. The second-order valence-electron chi connectivity index (χ2n) is 4.83. The molecule has 0 bridgehead atoms. The molecule has 21 heavy (non-hydrogen) atoms. The van der Waals surface area contributed by atoms with E-state index >= 15 is 0 Å². The van der Waals surface area contributed by atoms with Crippen LogP contribution in [0.15, 0.2) is 52.3 Å². The van der Waals surface area contributed by atoms with Crippen molar-refractivity contribution in [1.29, 1.82) is 0 Å².